The van der Waals surface area contributed by atoms with Gasteiger partial charge in [0.15, 0.2) is 11.5 Å². The number of anilines is 2. The molecule has 6 heteroatoms. The van der Waals surface area contributed by atoms with Gasteiger partial charge in [-0.3, -0.25) is 0 Å². The highest BCUT2D eigenvalue weighted by atomic mass is 16.4. The maximum Gasteiger partial charge on any atom is 0.356 e. The zero-order chi connectivity index (χ0) is 14.4. The normalized spacial score (nSPS) is 9.75. The smallest absolute Gasteiger partial charge is 0.356 e. The van der Waals surface area contributed by atoms with Crippen molar-refractivity contribution >= 4 is 17.5 Å². The van der Waals surface area contributed by atoms with Gasteiger partial charge >= 0.3 is 5.97 Å². The topological polar surface area (TPSA) is 90.1 Å². The summed E-state index contributed by atoms with van der Waals surface area (Å²) in [5.74, 6) is -0.608. The van der Waals surface area contributed by atoms with Gasteiger partial charge < -0.3 is 10.0 Å². The highest BCUT2D eigenvalue weighted by molar-refractivity contribution is 5.85. The van der Waals surface area contributed by atoms with Crippen LogP contribution in [-0.2, 0) is 0 Å². The lowest BCUT2D eigenvalue weighted by Gasteiger charge is -2.22. The fourth-order valence-electron chi connectivity index (χ4n) is 1.72. The van der Waals surface area contributed by atoms with Gasteiger partial charge in [-0.25, -0.2) is 14.8 Å². The summed E-state index contributed by atoms with van der Waals surface area (Å²) in [5.41, 5.74) is 0.766. The quantitative estimate of drug-likeness (QED) is 0.894. The molecule has 2 aromatic rings. The predicted octanol–water partition coefficient (Wildman–Crippen LogP) is 2.23. The molecular weight excluding hydrogens is 256 g/mol. The second kappa shape index (κ2) is 6.29. The third kappa shape index (κ3) is 3.09. The Balaban J connectivity index is 2.31. The number of hydrogen-bond acceptors (Lipinski definition) is 5. The lowest BCUT2D eigenvalue weighted by Crippen LogP contribution is -2.20. The fraction of sp³-hybridized carbons (Fsp3) is 0.143. The van der Waals surface area contributed by atoms with E-state index in [0.717, 1.165) is 5.69 Å². The summed E-state index contributed by atoms with van der Waals surface area (Å²) in [5, 5.41) is 17.5. The molecule has 0 spiro atoms. The SMILES string of the molecule is N#CCCN(c1ccccc1)c1cnc(C(=O)O)cn1. The van der Waals surface area contributed by atoms with Crippen LogP contribution < -0.4 is 4.90 Å². The van der Waals surface area contributed by atoms with Crippen molar-refractivity contribution in [2.24, 2.45) is 0 Å². The van der Waals surface area contributed by atoms with E-state index in [4.69, 9.17) is 10.4 Å². The van der Waals surface area contributed by atoms with E-state index in [1.807, 2.05) is 35.2 Å². The zero-order valence-corrected chi connectivity index (χ0v) is 10.6. The average Bonchev–Trinajstić information content (AvgIpc) is 2.49. The van der Waals surface area contributed by atoms with Crippen LogP contribution in [0.5, 0.6) is 0 Å². The van der Waals surface area contributed by atoms with Crippen LogP contribution in [0.4, 0.5) is 11.5 Å². The van der Waals surface area contributed by atoms with E-state index < -0.39 is 5.97 Å². The number of aromatic nitrogens is 2. The van der Waals surface area contributed by atoms with Crippen molar-refractivity contribution in [2.75, 3.05) is 11.4 Å². The molecule has 0 unspecified atom stereocenters. The number of carbonyl (C=O) groups is 1. The van der Waals surface area contributed by atoms with Gasteiger partial charge in [-0.05, 0) is 12.1 Å². The molecule has 1 aromatic heterocycles. The molecule has 0 radical (unpaired) electrons. The summed E-state index contributed by atoms with van der Waals surface area (Å²) in [6.07, 6.45) is 2.94. The second-order valence-corrected chi connectivity index (χ2v) is 3.96. The summed E-state index contributed by atoms with van der Waals surface area (Å²) in [4.78, 5) is 20.5. The van der Waals surface area contributed by atoms with Crippen LogP contribution in [0.15, 0.2) is 42.7 Å². The minimum absolute atomic E-state index is 0.109. The zero-order valence-electron chi connectivity index (χ0n) is 10.6. The highest BCUT2D eigenvalue weighted by Crippen LogP contribution is 2.22. The Hall–Kier alpha value is -2.94. The third-order valence-corrected chi connectivity index (χ3v) is 2.65. The molecule has 1 aromatic carbocycles. The van der Waals surface area contributed by atoms with Gasteiger partial charge in [-0.15, -0.1) is 0 Å². The Bertz CT molecular complexity index is 620. The molecule has 0 aliphatic heterocycles. The molecule has 6 nitrogen and oxygen atoms in total. The van der Waals surface area contributed by atoms with Gasteiger partial charge in [-0.1, -0.05) is 18.2 Å². The number of carboxylic acids is 1. The van der Waals surface area contributed by atoms with Crippen molar-refractivity contribution in [2.45, 2.75) is 6.42 Å². The molecule has 2 rings (SSSR count). The van der Waals surface area contributed by atoms with Crippen LogP contribution in [0.3, 0.4) is 0 Å². The summed E-state index contributed by atoms with van der Waals surface area (Å²) in [7, 11) is 0. The van der Waals surface area contributed by atoms with Gasteiger partial charge in [-0.2, -0.15) is 5.26 Å². The number of rotatable bonds is 5. The fourth-order valence-corrected chi connectivity index (χ4v) is 1.72. The molecule has 20 heavy (non-hydrogen) atoms. The number of hydrogen-bond donors (Lipinski definition) is 1. The number of para-hydroxylation sites is 1. The van der Waals surface area contributed by atoms with Crippen molar-refractivity contribution in [3.8, 4) is 6.07 Å². The molecular formula is C14H12N4O2. The van der Waals surface area contributed by atoms with E-state index in [-0.39, 0.29) is 5.69 Å². The van der Waals surface area contributed by atoms with Gasteiger partial charge in [0, 0.05) is 12.2 Å². The van der Waals surface area contributed by atoms with Crippen molar-refractivity contribution < 1.29 is 9.90 Å². The van der Waals surface area contributed by atoms with Crippen molar-refractivity contribution in [1.29, 1.82) is 5.26 Å². The maximum atomic E-state index is 10.8. The predicted molar refractivity (Wildman–Crippen MR) is 72.7 cm³/mol. The largest absolute Gasteiger partial charge is 0.476 e. The molecule has 100 valence electrons. The lowest BCUT2D eigenvalue weighted by molar-refractivity contribution is 0.0690. The van der Waals surface area contributed by atoms with Crippen LogP contribution in [-0.4, -0.2) is 27.6 Å². The number of nitrogens with zero attached hydrogens (tertiary/aromatic N) is 4. The first-order valence-electron chi connectivity index (χ1n) is 5.97. The standard InChI is InChI=1S/C14H12N4O2/c15-7-4-8-18(11-5-2-1-3-6-11)13-10-16-12(9-17-13)14(19)20/h1-3,5-6,9-10H,4,8H2,(H,19,20). The third-order valence-electron chi connectivity index (χ3n) is 2.65. The highest BCUT2D eigenvalue weighted by Gasteiger charge is 2.12. The van der Waals surface area contributed by atoms with E-state index >= 15 is 0 Å². The van der Waals surface area contributed by atoms with Gasteiger partial charge in [0.1, 0.15) is 0 Å². The monoisotopic (exact) mass is 268 g/mol. The number of carboxylic acid groups (broad SMARTS) is 1. The molecule has 0 saturated heterocycles. The van der Waals surface area contributed by atoms with Gasteiger partial charge in [0.25, 0.3) is 0 Å². The summed E-state index contributed by atoms with van der Waals surface area (Å²) >= 11 is 0. The Morgan fingerprint density at radius 1 is 1.25 bits per heavy atom. The van der Waals surface area contributed by atoms with Crippen LogP contribution >= 0.6 is 0 Å². The summed E-state index contributed by atoms with van der Waals surface area (Å²) in [6, 6.07) is 11.5. The molecule has 0 saturated carbocycles. The average molecular weight is 268 g/mol. The van der Waals surface area contributed by atoms with Crippen LogP contribution in [0.25, 0.3) is 0 Å². The second-order valence-electron chi connectivity index (χ2n) is 3.96. The van der Waals surface area contributed by atoms with Crippen LogP contribution in [0.2, 0.25) is 0 Å². The molecule has 0 amide bonds. The first kappa shape index (κ1) is 13.5. The maximum absolute atomic E-state index is 10.8. The van der Waals surface area contributed by atoms with Gasteiger partial charge in [0.05, 0.1) is 24.9 Å². The Labute approximate surface area is 115 Å². The minimum atomic E-state index is -1.12. The van der Waals surface area contributed by atoms with Crippen LogP contribution in [0.1, 0.15) is 16.9 Å². The Kier molecular flexibility index (Phi) is 4.24. The molecule has 1 N–H and O–H groups in total. The van der Waals surface area contributed by atoms with E-state index in [1.165, 1.54) is 12.4 Å². The van der Waals surface area contributed by atoms with Crippen molar-refractivity contribution in [1.82, 2.24) is 9.97 Å². The van der Waals surface area contributed by atoms with E-state index in [0.29, 0.717) is 18.8 Å². The molecule has 0 aliphatic carbocycles. The van der Waals surface area contributed by atoms with E-state index in [1.54, 1.807) is 0 Å². The van der Waals surface area contributed by atoms with E-state index in [2.05, 4.69) is 16.0 Å². The number of benzene rings is 1. The van der Waals surface area contributed by atoms with Crippen molar-refractivity contribution in [3.63, 3.8) is 0 Å². The lowest BCUT2D eigenvalue weighted by atomic mass is 10.2. The number of nitriles is 1. The van der Waals surface area contributed by atoms with Crippen molar-refractivity contribution in [3.05, 3.63) is 48.4 Å². The molecule has 0 atom stereocenters. The molecule has 0 aliphatic rings. The number of aromatic carboxylic acids is 1. The molecule has 0 fully saturated rings. The first-order chi connectivity index (χ1) is 9.72. The van der Waals surface area contributed by atoms with Crippen LogP contribution in [0, 0.1) is 11.3 Å². The first-order valence-corrected chi connectivity index (χ1v) is 5.97. The summed E-state index contributed by atoms with van der Waals surface area (Å²) in [6.45, 7) is 0.460. The van der Waals surface area contributed by atoms with Gasteiger partial charge in [0.2, 0.25) is 0 Å². The Morgan fingerprint density at radius 3 is 2.55 bits per heavy atom. The molecule has 0 bridgehead atoms. The Morgan fingerprint density at radius 2 is 2.00 bits per heavy atom. The summed E-state index contributed by atoms with van der Waals surface area (Å²) < 4.78 is 0. The minimum Gasteiger partial charge on any atom is -0.476 e. The molecule has 1 heterocycles. The van der Waals surface area contributed by atoms with E-state index in [9.17, 15) is 4.79 Å².